The lowest BCUT2D eigenvalue weighted by Crippen LogP contribution is -2.54. The van der Waals surface area contributed by atoms with Gasteiger partial charge in [0.1, 0.15) is 12.1 Å². The number of carbonyl (C=O) groups is 4. The predicted octanol–water partition coefficient (Wildman–Crippen LogP) is -0.806. The van der Waals surface area contributed by atoms with Crippen molar-refractivity contribution in [2.24, 2.45) is 5.73 Å². The van der Waals surface area contributed by atoms with Gasteiger partial charge in [-0.2, -0.15) is 0 Å². The topological polar surface area (TPSA) is 195 Å². The van der Waals surface area contributed by atoms with Crippen LogP contribution in [0, 0.1) is 0 Å². The third-order valence-corrected chi connectivity index (χ3v) is 5.23. The Kier molecular flexibility index (Phi) is 7.98. The Morgan fingerprint density at radius 3 is 2.56 bits per heavy atom. The van der Waals surface area contributed by atoms with E-state index in [0.29, 0.717) is 5.69 Å². The Bertz CT molecular complexity index is 1160. The van der Waals surface area contributed by atoms with E-state index in [2.05, 4.69) is 30.9 Å². The molecule has 8 N–H and O–H groups in total. The number of rotatable bonds is 11. The van der Waals surface area contributed by atoms with E-state index >= 15 is 0 Å². The number of benzene rings is 1. The van der Waals surface area contributed by atoms with Crippen molar-refractivity contribution in [1.82, 2.24) is 30.9 Å². The van der Waals surface area contributed by atoms with Crippen LogP contribution in [-0.2, 0) is 32.0 Å². The van der Waals surface area contributed by atoms with Crippen molar-refractivity contribution in [3.63, 3.8) is 0 Å². The van der Waals surface area contributed by atoms with E-state index in [9.17, 15) is 19.2 Å². The summed E-state index contributed by atoms with van der Waals surface area (Å²) in [5.74, 6) is -3.02. The summed E-state index contributed by atoms with van der Waals surface area (Å²) >= 11 is 0. The average Bonchev–Trinajstić information content (AvgIpc) is 3.47. The van der Waals surface area contributed by atoms with Crippen LogP contribution < -0.4 is 21.7 Å². The van der Waals surface area contributed by atoms with E-state index in [1.165, 1.54) is 13.3 Å². The smallest absolute Gasteiger partial charge is 0.325 e. The summed E-state index contributed by atoms with van der Waals surface area (Å²) in [6, 6.07) is 4.36. The van der Waals surface area contributed by atoms with E-state index in [1.807, 2.05) is 24.3 Å². The number of aromatic nitrogens is 3. The highest BCUT2D eigenvalue weighted by Crippen LogP contribution is 2.19. The molecular formula is C22H27N7O5. The molecule has 2 aromatic heterocycles. The number of amides is 3. The third kappa shape index (κ3) is 6.42. The molecule has 0 aliphatic heterocycles. The van der Waals surface area contributed by atoms with Crippen LogP contribution in [0.2, 0.25) is 0 Å². The second-order valence-electron chi connectivity index (χ2n) is 7.86. The van der Waals surface area contributed by atoms with Crippen molar-refractivity contribution in [3.05, 3.63) is 54.2 Å². The molecule has 0 saturated carbocycles. The molecule has 180 valence electrons. The van der Waals surface area contributed by atoms with Gasteiger partial charge in [0.25, 0.3) is 0 Å². The molecule has 3 aromatic rings. The molecule has 3 unspecified atom stereocenters. The molecule has 2 heterocycles. The zero-order valence-electron chi connectivity index (χ0n) is 18.5. The lowest BCUT2D eigenvalue weighted by Gasteiger charge is -2.20. The number of nitrogens with two attached hydrogens (primary N) is 1. The van der Waals surface area contributed by atoms with Crippen LogP contribution in [0.1, 0.15) is 18.2 Å². The van der Waals surface area contributed by atoms with Crippen molar-refractivity contribution in [3.8, 4) is 0 Å². The van der Waals surface area contributed by atoms with Gasteiger partial charge >= 0.3 is 5.97 Å². The second kappa shape index (κ2) is 11.1. The van der Waals surface area contributed by atoms with Gasteiger partial charge in [0.2, 0.25) is 17.7 Å². The molecule has 0 bridgehead atoms. The first-order valence-corrected chi connectivity index (χ1v) is 10.6. The van der Waals surface area contributed by atoms with Crippen LogP contribution in [-0.4, -0.2) is 68.4 Å². The van der Waals surface area contributed by atoms with E-state index in [4.69, 9.17) is 10.8 Å². The number of aromatic amines is 2. The van der Waals surface area contributed by atoms with Crippen molar-refractivity contribution in [1.29, 1.82) is 0 Å². The Morgan fingerprint density at radius 2 is 1.85 bits per heavy atom. The summed E-state index contributed by atoms with van der Waals surface area (Å²) in [7, 11) is 0. The number of nitrogens with one attached hydrogen (secondary N) is 5. The Labute approximate surface area is 194 Å². The van der Waals surface area contributed by atoms with Crippen LogP contribution in [0.25, 0.3) is 10.9 Å². The van der Waals surface area contributed by atoms with Crippen molar-refractivity contribution < 1.29 is 24.3 Å². The molecule has 0 spiro atoms. The van der Waals surface area contributed by atoms with Gasteiger partial charge in [-0.25, -0.2) is 4.98 Å². The maximum Gasteiger partial charge on any atom is 0.325 e. The summed E-state index contributed by atoms with van der Waals surface area (Å²) in [6.07, 6.45) is 5.07. The maximum atomic E-state index is 12.8. The van der Waals surface area contributed by atoms with Crippen LogP contribution in [0.15, 0.2) is 43.0 Å². The fourth-order valence-corrected chi connectivity index (χ4v) is 3.38. The molecule has 12 heteroatoms. The normalized spacial score (nSPS) is 13.6. The van der Waals surface area contributed by atoms with Gasteiger partial charge in [-0.3, -0.25) is 19.2 Å². The minimum Gasteiger partial charge on any atom is -0.480 e. The number of nitrogens with zero attached hydrogens (tertiary/aromatic N) is 1. The summed E-state index contributed by atoms with van der Waals surface area (Å²) < 4.78 is 0. The highest BCUT2D eigenvalue weighted by Gasteiger charge is 2.26. The molecule has 34 heavy (non-hydrogen) atoms. The van der Waals surface area contributed by atoms with Gasteiger partial charge in [-0.05, 0) is 18.6 Å². The minimum atomic E-state index is -1.20. The van der Waals surface area contributed by atoms with Crippen molar-refractivity contribution in [2.45, 2.75) is 37.9 Å². The summed E-state index contributed by atoms with van der Waals surface area (Å²) in [6.45, 7) is 0.924. The number of carbonyl (C=O) groups excluding carboxylic acids is 3. The summed E-state index contributed by atoms with van der Waals surface area (Å²) in [5.41, 5.74) is 8.16. The highest BCUT2D eigenvalue weighted by atomic mass is 16.4. The lowest BCUT2D eigenvalue weighted by atomic mass is 10.0. The molecule has 3 atom stereocenters. The SMILES string of the molecule is CC(NC(=O)C(Cc1c[nH]c2ccccc12)NC(=O)CNC(=O)C(N)Cc1cnc[nH]1)C(=O)O. The van der Waals surface area contributed by atoms with Crippen LogP contribution in [0.3, 0.4) is 0 Å². The zero-order chi connectivity index (χ0) is 24.7. The second-order valence-corrected chi connectivity index (χ2v) is 7.86. The van der Waals surface area contributed by atoms with Gasteiger partial charge in [0.15, 0.2) is 0 Å². The van der Waals surface area contributed by atoms with Crippen LogP contribution in [0.5, 0.6) is 0 Å². The fourth-order valence-electron chi connectivity index (χ4n) is 3.38. The monoisotopic (exact) mass is 469 g/mol. The van der Waals surface area contributed by atoms with E-state index in [1.54, 1.807) is 12.4 Å². The zero-order valence-corrected chi connectivity index (χ0v) is 18.5. The Balaban J connectivity index is 1.63. The fraction of sp³-hybridized carbons (Fsp3) is 0.318. The number of hydrogen-bond donors (Lipinski definition) is 7. The first kappa shape index (κ1) is 24.5. The number of carboxylic acid groups (broad SMARTS) is 1. The Morgan fingerprint density at radius 1 is 1.09 bits per heavy atom. The molecular weight excluding hydrogens is 442 g/mol. The van der Waals surface area contributed by atoms with Gasteiger partial charge in [-0.15, -0.1) is 0 Å². The van der Waals surface area contributed by atoms with E-state index in [-0.39, 0.29) is 12.8 Å². The number of fused-ring (bicyclic) bond motifs is 1. The number of imidazole rings is 1. The van der Waals surface area contributed by atoms with Crippen molar-refractivity contribution in [2.75, 3.05) is 6.54 Å². The van der Waals surface area contributed by atoms with Gasteiger partial charge in [0, 0.05) is 41.8 Å². The number of carboxylic acids is 1. The molecule has 3 rings (SSSR count). The molecule has 3 amide bonds. The number of hydrogen-bond acceptors (Lipinski definition) is 6. The molecule has 12 nitrogen and oxygen atoms in total. The third-order valence-electron chi connectivity index (χ3n) is 5.23. The van der Waals surface area contributed by atoms with Crippen LogP contribution >= 0.6 is 0 Å². The van der Waals surface area contributed by atoms with E-state index in [0.717, 1.165) is 16.5 Å². The molecule has 0 fully saturated rings. The molecule has 0 aliphatic carbocycles. The number of H-pyrrole nitrogens is 2. The maximum absolute atomic E-state index is 12.8. The number of para-hydroxylation sites is 1. The Hall–Kier alpha value is -4.19. The first-order valence-electron chi connectivity index (χ1n) is 10.6. The summed E-state index contributed by atoms with van der Waals surface area (Å²) in [4.78, 5) is 58.5. The minimum absolute atomic E-state index is 0.112. The number of aliphatic carboxylic acids is 1. The first-order chi connectivity index (χ1) is 16.2. The standard InChI is InChI=1S/C22H27N7O5/c1-12(22(33)34)28-21(32)18(6-13-8-25-17-5-3-2-4-15(13)17)29-19(30)10-26-20(31)16(23)7-14-9-24-11-27-14/h2-5,8-9,11-12,16,18,25H,6-7,10,23H2,1H3,(H,24,27)(H,26,31)(H,28,32)(H,29,30)(H,33,34). The van der Waals surface area contributed by atoms with Crippen LogP contribution in [0.4, 0.5) is 0 Å². The highest BCUT2D eigenvalue weighted by molar-refractivity contribution is 5.93. The van der Waals surface area contributed by atoms with Crippen molar-refractivity contribution >= 4 is 34.6 Å². The van der Waals surface area contributed by atoms with Gasteiger partial charge in [-0.1, -0.05) is 18.2 Å². The quantitative estimate of drug-likeness (QED) is 0.191. The van der Waals surface area contributed by atoms with Gasteiger partial charge < -0.3 is 36.8 Å². The lowest BCUT2D eigenvalue weighted by molar-refractivity contribution is -0.141. The average molecular weight is 470 g/mol. The molecule has 1 aromatic carbocycles. The van der Waals surface area contributed by atoms with Gasteiger partial charge in [0.05, 0.1) is 18.9 Å². The largest absolute Gasteiger partial charge is 0.480 e. The molecule has 0 saturated heterocycles. The predicted molar refractivity (Wildman–Crippen MR) is 122 cm³/mol. The summed E-state index contributed by atoms with van der Waals surface area (Å²) in [5, 5.41) is 17.4. The molecule has 0 aliphatic rings. The molecule has 0 radical (unpaired) electrons. The van der Waals surface area contributed by atoms with E-state index < -0.39 is 48.4 Å².